The molecule has 8 nitrogen and oxygen atoms in total. The molecule has 0 bridgehead atoms. The number of aliphatic imine (C=N–C) groups is 1. The number of aromatic nitrogens is 4. The average molecular weight is 374 g/mol. The zero-order valence-electron chi connectivity index (χ0n) is 17.2. The fourth-order valence-electron chi connectivity index (χ4n) is 2.98. The van der Waals surface area contributed by atoms with Crippen LogP contribution in [0.1, 0.15) is 70.3 Å². The van der Waals surface area contributed by atoms with E-state index < -0.39 is 0 Å². The first-order chi connectivity index (χ1) is 12.8. The van der Waals surface area contributed by atoms with Gasteiger partial charge in [-0.25, -0.2) is 14.6 Å². The van der Waals surface area contributed by atoms with Crippen LogP contribution in [0.15, 0.2) is 15.6 Å². The third-order valence-electron chi connectivity index (χ3n) is 4.66. The fourth-order valence-corrected chi connectivity index (χ4v) is 2.98. The van der Waals surface area contributed by atoms with Crippen LogP contribution in [0.5, 0.6) is 0 Å². The van der Waals surface area contributed by atoms with E-state index in [0.717, 1.165) is 42.8 Å². The molecule has 0 aliphatic carbocycles. The molecule has 1 unspecified atom stereocenters. The summed E-state index contributed by atoms with van der Waals surface area (Å²) in [5.41, 5.74) is -0.0440. The maximum Gasteiger partial charge on any atom is 0.213 e. The predicted molar refractivity (Wildman–Crippen MR) is 105 cm³/mol. The third kappa shape index (κ3) is 4.67. The molecule has 0 radical (unpaired) electrons. The van der Waals surface area contributed by atoms with Crippen LogP contribution in [0.2, 0.25) is 0 Å². The van der Waals surface area contributed by atoms with Gasteiger partial charge >= 0.3 is 0 Å². The lowest BCUT2D eigenvalue weighted by atomic mass is 9.94. The number of nitrogens with zero attached hydrogens (tertiary/aromatic N) is 5. The smallest absolute Gasteiger partial charge is 0.213 e. The largest absolute Gasteiger partial charge is 0.443 e. The third-order valence-corrected chi connectivity index (χ3v) is 4.66. The molecule has 2 aromatic rings. The van der Waals surface area contributed by atoms with Crippen LogP contribution in [0, 0.1) is 0 Å². The van der Waals surface area contributed by atoms with Crippen molar-refractivity contribution in [2.45, 2.75) is 77.9 Å². The van der Waals surface area contributed by atoms with Crippen LogP contribution in [-0.4, -0.2) is 38.8 Å². The monoisotopic (exact) mass is 373 g/mol. The molecule has 148 valence electrons. The van der Waals surface area contributed by atoms with Crippen molar-refractivity contribution in [1.82, 2.24) is 30.4 Å². The highest BCUT2D eigenvalue weighted by atomic mass is 16.4. The molecule has 0 amide bonds. The van der Waals surface area contributed by atoms with Crippen LogP contribution in [0.25, 0.3) is 0 Å². The summed E-state index contributed by atoms with van der Waals surface area (Å²) in [6.45, 7) is 11.9. The Balaban J connectivity index is 1.55. The van der Waals surface area contributed by atoms with Gasteiger partial charge in [0.1, 0.15) is 11.6 Å². The Morgan fingerprint density at radius 2 is 2.19 bits per heavy atom. The lowest BCUT2D eigenvalue weighted by molar-refractivity contribution is 0.376. The molecule has 2 aromatic heterocycles. The van der Waals surface area contributed by atoms with Crippen LogP contribution in [0.3, 0.4) is 0 Å². The SMILES string of the molecule is CN=C(NCc1ncc(C(C)(C)C)o1)NC1CCc2nc(C(C)C)nn2C1. The molecular formula is C19H31N7O. The average Bonchev–Trinajstić information content (AvgIpc) is 3.24. The van der Waals surface area contributed by atoms with Crippen LogP contribution < -0.4 is 10.6 Å². The van der Waals surface area contributed by atoms with Crippen molar-refractivity contribution in [3.63, 3.8) is 0 Å². The Hall–Kier alpha value is -2.38. The Bertz CT molecular complexity index is 797. The summed E-state index contributed by atoms with van der Waals surface area (Å²) in [5, 5.41) is 11.4. The summed E-state index contributed by atoms with van der Waals surface area (Å²) >= 11 is 0. The Labute approximate surface area is 160 Å². The zero-order valence-corrected chi connectivity index (χ0v) is 17.2. The number of fused-ring (bicyclic) bond motifs is 1. The van der Waals surface area contributed by atoms with Gasteiger partial charge in [0.15, 0.2) is 11.8 Å². The first kappa shape index (κ1) is 19.4. The molecule has 3 heterocycles. The number of hydrogen-bond donors (Lipinski definition) is 2. The van der Waals surface area contributed by atoms with Crippen LogP contribution in [-0.2, 0) is 24.9 Å². The van der Waals surface area contributed by atoms with Gasteiger partial charge in [-0.15, -0.1) is 0 Å². The first-order valence-electron chi connectivity index (χ1n) is 9.62. The van der Waals surface area contributed by atoms with Gasteiger partial charge in [-0.2, -0.15) is 5.10 Å². The molecule has 2 N–H and O–H groups in total. The number of oxazole rings is 1. The van der Waals surface area contributed by atoms with E-state index in [9.17, 15) is 0 Å². The number of aryl methyl sites for hydroxylation is 1. The number of guanidine groups is 1. The fraction of sp³-hybridized carbons (Fsp3) is 0.684. The lowest BCUT2D eigenvalue weighted by Gasteiger charge is -2.25. The molecule has 1 aliphatic rings. The molecule has 0 fully saturated rings. The number of hydrogen-bond acceptors (Lipinski definition) is 5. The minimum Gasteiger partial charge on any atom is -0.443 e. The normalized spacial score (nSPS) is 17.9. The summed E-state index contributed by atoms with van der Waals surface area (Å²) in [4.78, 5) is 13.3. The Kier molecular flexibility index (Phi) is 5.53. The van der Waals surface area contributed by atoms with Gasteiger partial charge in [-0.05, 0) is 6.42 Å². The standard InChI is InChI=1S/C19H31N7O/c1-12(2)17-24-15-8-7-13(11-26(15)25-17)23-18(20-6)22-10-16-21-9-14(27-16)19(3,4)5/h9,12-13H,7-8,10-11H2,1-6H3,(H2,20,22,23). The van der Waals surface area contributed by atoms with Crippen LogP contribution >= 0.6 is 0 Å². The second-order valence-electron chi connectivity index (χ2n) is 8.40. The molecule has 0 spiro atoms. The van der Waals surface area contributed by atoms with E-state index in [1.165, 1.54) is 0 Å². The topological polar surface area (TPSA) is 93.2 Å². The van der Waals surface area contributed by atoms with E-state index in [1.807, 2.05) is 4.68 Å². The van der Waals surface area contributed by atoms with Gasteiger partial charge in [-0.1, -0.05) is 34.6 Å². The highest BCUT2D eigenvalue weighted by molar-refractivity contribution is 5.79. The molecule has 0 aromatic carbocycles. The maximum absolute atomic E-state index is 5.83. The number of rotatable bonds is 4. The van der Waals surface area contributed by atoms with Gasteiger partial charge in [0.05, 0.1) is 19.3 Å². The predicted octanol–water partition coefficient (Wildman–Crippen LogP) is 2.37. The highest BCUT2D eigenvalue weighted by Gasteiger charge is 2.23. The molecule has 0 saturated carbocycles. The van der Waals surface area contributed by atoms with Crippen molar-refractivity contribution in [2.75, 3.05) is 7.05 Å². The Morgan fingerprint density at radius 3 is 2.81 bits per heavy atom. The second kappa shape index (κ2) is 7.70. The van der Waals surface area contributed by atoms with Crippen molar-refractivity contribution < 1.29 is 4.42 Å². The maximum atomic E-state index is 5.83. The van der Waals surface area contributed by atoms with Crippen LogP contribution in [0.4, 0.5) is 0 Å². The van der Waals surface area contributed by atoms with E-state index in [-0.39, 0.29) is 11.5 Å². The summed E-state index contributed by atoms with van der Waals surface area (Å²) in [5.74, 6) is 4.63. The quantitative estimate of drug-likeness (QED) is 0.631. The van der Waals surface area contributed by atoms with E-state index in [1.54, 1.807) is 13.2 Å². The van der Waals surface area contributed by atoms with E-state index in [0.29, 0.717) is 18.4 Å². The van der Waals surface area contributed by atoms with Crippen molar-refractivity contribution in [1.29, 1.82) is 0 Å². The van der Waals surface area contributed by atoms with Gasteiger partial charge in [0.25, 0.3) is 0 Å². The van der Waals surface area contributed by atoms with Crippen molar-refractivity contribution in [3.05, 3.63) is 29.5 Å². The highest BCUT2D eigenvalue weighted by Crippen LogP contribution is 2.22. The van der Waals surface area contributed by atoms with E-state index in [4.69, 9.17) is 4.42 Å². The molecule has 1 aliphatic heterocycles. The minimum atomic E-state index is -0.0440. The minimum absolute atomic E-state index is 0.0440. The van der Waals surface area contributed by atoms with E-state index in [2.05, 4.69) is 65.3 Å². The van der Waals surface area contributed by atoms with Gasteiger partial charge in [0.2, 0.25) is 5.89 Å². The second-order valence-corrected chi connectivity index (χ2v) is 8.40. The molecule has 27 heavy (non-hydrogen) atoms. The summed E-state index contributed by atoms with van der Waals surface area (Å²) < 4.78 is 7.85. The van der Waals surface area contributed by atoms with Gasteiger partial charge in [-0.3, -0.25) is 4.99 Å². The van der Waals surface area contributed by atoms with Crippen molar-refractivity contribution in [3.8, 4) is 0 Å². The molecular weight excluding hydrogens is 342 g/mol. The molecule has 0 saturated heterocycles. The first-order valence-corrected chi connectivity index (χ1v) is 9.62. The molecule has 8 heteroatoms. The number of nitrogens with one attached hydrogen (secondary N) is 2. The lowest BCUT2D eigenvalue weighted by Crippen LogP contribution is -2.46. The summed E-state index contributed by atoms with van der Waals surface area (Å²) in [6, 6.07) is 0.264. The van der Waals surface area contributed by atoms with Crippen molar-refractivity contribution >= 4 is 5.96 Å². The molecule has 3 rings (SSSR count). The summed E-state index contributed by atoms with van der Waals surface area (Å²) in [7, 11) is 1.77. The Morgan fingerprint density at radius 1 is 1.41 bits per heavy atom. The molecule has 1 atom stereocenters. The van der Waals surface area contributed by atoms with Gasteiger partial charge < -0.3 is 15.1 Å². The summed E-state index contributed by atoms with van der Waals surface area (Å²) in [6.07, 6.45) is 3.72. The van der Waals surface area contributed by atoms with E-state index >= 15 is 0 Å². The van der Waals surface area contributed by atoms with Gasteiger partial charge in [0, 0.05) is 30.8 Å². The van der Waals surface area contributed by atoms with Crippen molar-refractivity contribution in [2.24, 2.45) is 4.99 Å². The zero-order chi connectivity index (χ0) is 19.6.